The Bertz CT molecular complexity index is 355. The number of thiocarbonyl (C=S) groups is 1. The molecule has 0 bridgehead atoms. The van der Waals surface area contributed by atoms with E-state index in [1.165, 1.54) is 0 Å². The van der Waals surface area contributed by atoms with Gasteiger partial charge in [0.05, 0.1) is 5.69 Å². The monoisotopic (exact) mass is 175 g/mol. The highest BCUT2D eigenvalue weighted by Crippen LogP contribution is 2.25. The highest BCUT2D eigenvalue weighted by atomic mass is 32.1. The van der Waals surface area contributed by atoms with Crippen molar-refractivity contribution in [3.8, 4) is 0 Å². The molecule has 1 atom stereocenters. The van der Waals surface area contributed by atoms with Crippen molar-refractivity contribution in [3.05, 3.63) is 29.8 Å². The van der Waals surface area contributed by atoms with E-state index in [4.69, 9.17) is 12.2 Å². The van der Waals surface area contributed by atoms with Crippen LogP contribution in [0, 0.1) is 5.92 Å². The van der Waals surface area contributed by atoms with Gasteiger partial charge in [-0.15, -0.1) is 0 Å². The van der Waals surface area contributed by atoms with Crippen LogP contribution in [0.1, 0.15) is 12.5 Å². The molecule has 1 aliphatic rings. The number of para-hydroxylation sites is 1. The van der Waals surface area contributed by atoms with Crippen LogP contribution < -0.4 is 0 Å². The van der Waals surface area contributed by atoms with E-state index < -0.39 is 0 Å². The maximum absolute atomic E-state index is 5.29. The van der Waals surface area contributed by atoms with Crippen LogP contribution in [0.25, 0.3) is 0 Å². The van der Waals surface area contributed by atoms with E-state index in [1.54, 1.807) is 0 Å². The summed E-state index contributed by atoms with van der Waals surface area (Å²) in [7, 11) is 0. The summed E-state index contributed by atoms with van der Waals surface area (Å²) in [5.41, 5.74) is 2.11. The van der Waals surface area contributed by atoms with E-state index in [0.717, 1.165) is 16.1 Å². The van der Waals surface area contributed by atoms with Crippen molar-refractivity contribution in [2.24, 2.45) is 10.9 Å². The minimum absolute atomic E-state index is 0.301. The molecule has 1 aromatic carbocycles. The Kier molecular flexibility index (Phi) is 1.77. The SMILES string of the molecule is CC1C=Nc2ccccc2C1=S. The second-order valence-corrected chi connectivity index (χ2v) is 3.39. The zero-order valence-electron chi connectivity index (χ0n) is 6.82. The average Bonchev–Trinajstić information content (AvgIpc) is 2.12. The van der Waals surface area contributed by atoms with Gasteiger partial charge in [0, 0.05) is 22.6 Å². The molecule has 1 nitrogen and oxygen atoms in total. The van der Waals surface area contributed by atoms with Gasteiger partial charge in [-0.1, -0.05) is 37.3 Å². The lowest BCUT2D eigenvalue weighted by molar-refractivity contribution is 1.09. The maximum atomic E-state index is 5.29. The van der Waals surface area contributed by atoms with Crippen molar-refractivity contribution in [2.75, 3.05) is 0 Å². The average molecular weight is 175 g/mol. The smallest absolute Gasteiger partial charge is 0.0709 e. The second-order valence-electron chi connectivity index (χ2n) is 2.95. The van der Waals surface area contributed by atoms with Gasteiger partial charge in [-0.3, -0.25) is 4.99 Å². The first kappa shape index (κ1) is 7.62. The fourth-order valence-corrected chi connectivity index (χ4v) is 1.53. The number of rotatable bonds is 0. The van der Waals surface area contributed by atoms with Crippen molar-refractivity contribution in [1.82, 2.24) is 0 Å². The summed E-state index contributed by atoms with van der Waals surface area (Å²) in [5, 5.41) is 0. The Labute approximate surface area is 77.1 Å². The normalized spacial score (nSPS) is 20.8. The summed E-state index contributed by atoms with van der Waals surface area (Å²) >= 11 is 5.29. The van der Waals surface area contributed by atoms with Crippen LogP contribution in [0.3, 0.4) is 0 Å². The molecule has 0 spiro atoms. The quantitative estimate of drug-likeness (QED) is 0.552. The molecule has 1 aromatic rings. The van der Waals surface area contributed by atoms with Gasteiger partial charge in [0.2, 0.25) is 0 Å². The number of hydrogen-bond donors (Lipinski definition) is 0. The molecule has 12 heavy (non-hydrogen) atoms. The van der Waals surface area contributed by atoms with E-state index in [-0.39, 0.29) is 0 Å². The minimum atomic E-state index is 0.301. The van der Waals surface area contributed by atoms with Gasteiger partial charge < -0.3 is 0 Å². The molecule has 0 amide bonds. The lowest BCUT2D eigenvalue weighted by Crippen LogP contribution is -2.14. The third-order valence-corrected chi connectivity index (χ3v) is 2.61. The number of hydrogen-bond acceptors (Lipinski definition) is 2. The first-order valence-electron chi connectivity index (χ1n) is 3.96. The third-order valence-electron chi connectivity index (χ3n) is 2.02. The number of benzene rings is 1. The summed E-state index contributed by atoms with van der Waals surface area (Å²) < 4.78 is 0. The standard InChI is InChI=1S/C10H9NS/c1-7-6-11-9-5-3-2-4-8(9)10(7)12/h2-7H,1H3. The summed E-state index contributed by atoms with van der Waals surface area (Å²) in [5.74, 6) is 0.301. The van der Waals surface area contributed by atoms with Crippen LogP contribution in [0.5, 0.6) is 0 Å². The van der Waals surface area contributed by atoms with Crippen LogP contribution in [0.2, 0.25) is 0 Å². The number of fused-ring (bicyclic) bond motifs is 1. The Morgan fingerprint density at radius 1 is 1.33 bits per heavy atom. The predicted molar refractivity (Wildman–Crippen MR) is 55.5 cm³/mol. The molecule has 1 unspecified atom stereocenters. The van der Waals surface area contributed by atoms with Crippen molar-refractivity contribution in [3.63, 3.8) is 0 Å². The lowest BCUT2D eigenvalue weighted by Gasteiger charge is -2.15. The molecule has 2 rings (SSSR count). The first-order valence-corrected chi connectivity index (χ1v) is 4.37. The van der Waals surface area contributed by atoms with Crippen LogP contribution in [0.15, 0.2) is 29.3 Å². The van der Waals surface area contributed by atoms with E-state index in [1.807, 2.05) is 30.5 Å². The molecule has 0 N–H and O–H groups in total. The van der Waals surface area contributed by atoms with Crippen LogP contribution in [0.4, 0.5) is 5.69 Å². The summed E-state index contributed by atoms with van der Waals surface area (Å²) in [6.45, 7) is 2.07. The van der Waals surface area contributed by atoms with E-state index in [9.17, 15) is 0 Å². The van der Waals surface area contributed by atoms with Crippen LogP contribution >= 0.6 is 12.2 Å². The van der Waals surface area contributed by atoms with Gasteiger partial charge in [0.1, 0.15) is 0 Å². The van der Waals surface area contributed by atoms with Gasteiger partial charge in [0.15, 0.2) is 0 Å². The molecule has 2 heteroatoms. The molecule has 0 saturated carbocycles. The molecule has 1 heterocycles. The van der Waals surface area contributed by atoms with Gasteiger partial charge in [0.25, 0.3) is 0 Å². The van der Waals surface area contributed by atoms with Crippen LogP contribution in [-0.4, -0.2) is 11.1 Å². The van der Waals surface area contributed by atoms with Crippen molar-refractivity contribution in [2.45, 2.75) is 6.92 Å². The molecule has 0 aromatic heterocycles. The van der Waals surface area contributed by atoms with E-state index >= 15 is 0 Å². The molecule has 0 radical (unpaired) electrons. The molecule has 60 valence electrons. The maximum Gasteiger partial charge on any atom is 0.0709 e. The summed E-state index contributed by atoms with van der Waals surface area (Å²) in [6.07, 6.45) is 1.91. The number of nitrogens with zero attached hydrogens (tertiary/aromatic N) is 1. The fourth-order valence-electron chi connectivity index (χ4n) is 1.30. The Balaban J connectivity index is 2.59. The predicted octanol–water partition coefficient (Wildman–Crippen LogP) is 2.76. The van der Waals surface area contributed by atoms with Crippen molar-refractivity contribution < 1.29 is 0 Å². The van der Waals surface area contributed by atoms with Gasteiger partial charge in [-0.2, -0.15) is 0 Å². The van der Waals surface area contributed by atoms with Gasteiger partial charge in [-0.25, -0.2) is 0 Å². The Morgan fingerprint density at radius 3 is 2.92 bits per heavy atom. The Hall–Kier alpha value is -1.02. The fraction of sp³-hybridized carbons (Fsp3) is 0.200. The highest BCUT2D eigenvalue weighted by molar-refractivity contribution is 7.81. The third kappa shape index (κ3) is 1.08. The van der Waals surface area contributed by atoms with Crippen LogP contribution in [-0.2, 0) is 0 Å². The molecule has 0 aliphatic carbocycles. The molecule has 1 aliphatic heterocycles. The van der Waals surface area contributed by atoms with E-state index in [2.05, 4.69) is 11.9 Å². The van der Waals surface area contributed by atoms with Crippen molar-refractivity contribution in [1.29, 1.82) is 0 Å². The molecule has 0 saturated heterocycles. The highest BCUT2D eigenvalue weighted by Gasteiger charge is 2.15. The van der Waals surface area contributed by atoms with Gasteiger partial charge >= 0.3 is 0 Å². The lowest BCUT2D eigenvalue weighted by atomic mass is 9.98. The topological polar surface area (TPSA) is 12.4 Å². The Morgan fingerprint density at radius 2 is 2.08 bits per heavy atom. The van der Waals surface area contributed by atoms with E-state index in [0.29, 0.717) is 5.92 Å². The van der Waals surface area contributed by atoms with Gasteiger partial charge in [-0.05, 0) is 6.07 Å². The molecule has 0 fully saturated rings. The summed E-state index contributed by atoms with van der Waals surface area (Å²) in [4.78, 5) is 5.31. The number of aliphatic imine (C=N–C) groups is 1. The molecular formula is C10H9NS. The second kappa shape index (κ2) is 2.79. The summed E-state index contributed by atoms with van der Waals surface area (Å²) in [6, 6.07) is 8.00. The zero-order chi connectivity index (χ0) is 8.55. The first-order chi connectivity index (χ1) is 5.79. The zero-order valence-corrected chi connectivity index (χ0v) is 7.64. The molecular weight excluding hydrogens is 166 g/mol. The largest absolute Gasteiger partial charge is 0.260 e. The minimum Gasteiger partial charge on any atom is -0.260 e. The van der Waals surface area contributed by atoms with Crippen molar-refractivity contribution >= 4 is 29.0 Å².